The summed E-state index contributed by atoms with van der Waals surface area (Å²) in [6.07, 6.45) is 6.57. The van der Waals surface area contributed by atoms with Crippen molar-refractivity contribution in [1.82, 2.24) is 0 Å². The summed E-state index contributed by atoms with van der Waals surface area (Å²) in [5, 5.41) is 8.83. The van der Waals surface area contributed by atoms with Crippen molar-refractivity contribution >= 4 is 0 Å². The summed E-state index contributed by atoms with van der Waals surface area (Å²) in [5.41, 5.74) is 0. The zero-order valence-corrected chi connectivity index (χ0v) is 11.9. The standard InChI is InChI=1S/C14H30O3/c1-5-6-7-8-9-12(2)17-14(4)11-16-13(3)10-15/h12-15H,5-11H2,1-4H3. The Hall–Kier alpha value is -0.120. The average Bonchev–Trinajstić information content (AvgIpc) is 2.31. The lowest BCUT2D eigenvalue weighted by molar-refractivity contribution is -0.0696. The summed E-state index contributed by atoms with van der Waals surface area (Å²) >= 11 is 0. The van der Waals surface area contributed by atoms with Gasteiger partial charge in [0.25, 0.3) is 0 Å². The Morgan fingerprint density at radius 3 is 2.24 bits per heavy atom. The van der Waals surface area contributed by atoms with Gasteiger partial charge < -0.3 is 14.6 Å². The highest BCUT2D eigenvalue weighted by Gasteiger charge is 2.10. The summed E-state index contributed by atoms with van der Waals surface area (Å²) in [5.74, 6) is 0. The number of unbranched alkanes of at least 4 members (excludes halogenated alkanes) is 3. The summed E-state index contributed by atoms with van der Waals surface area (Å²) in [6, 6.07) is 0. The Morgan fingerprint density at radius 1 is 0.941 bits per heavy atom. The highest BCUT2D eigenvalue weighted by molar-refractivity contribution is 4.57. The molecule has 0 aliphatic carbocycles. The fourth-order valence-electron chi connectivity index (χ4n) is 1.71. The minimum Gasteiger partial charge on any atom is -0.394 e. The van der Waals surface area contributed by atoms with E-state index in [1.54, 1.807) is 0 Å². The van der Waals surface area contributed by atoms with Crippen molar-refractivity contribution in [2.45, 2.75) is 78.1 Å². The molecule has 0 radical (unpaired) electrons. The molecule has 0 saturated carbocycles. The van der Waals surface area contributed by atoms with E-state index in [4.69, 9.17) is 14.6 Å². The zero-order chi connectivity index (χ0) is 13.1. The first-order valence-corrected chi connectivity index (χ1v) is 6.98. The minimum atomic E-state index is -0.0964. The van der Waals surface area contributed by atoms with Crippen LogP contribution in [0, 0.1) is 0 Å². The molecule has 0 fully saturated rings. The number of aliphatic hydroxyl groups is 1. The summed E-state index contributed by atoms with van der Waals surface area (Å²) in [6.45, 7) is 8.85. The van der Waals surface area contributed by atoms with E-state index in [1.807, 2.05) is 13.8 Å². The molecule has 3 atom stereocenters. The molecule has 1 N–H and O–H groups in total. The molecule has 0 bridgehead atoms. The van der Waals surface area contributed by atoms with Crippen LogP contribution in [0.2, 0.25) is 0 Å². The molecule has 0 aliphatic heterocycles. The zero-order valence-electron chi connectivity index (χ0n) is 11.9. The maximum absolute atomic E-state index is 8.83. The third-order valence-electron chi connectivity index (χ3n) is 2.80. The molecule has 17 heavy (non-hydrogen) atoms. The van der Waals surface area contributed by atoms with Gasteiger partial charge in [0, 0.05) is 0 Å². The number of rotatable bonds is 11. The third kappa shape index (κ3) is 10.7. The van der Waals surface area contributed by atoms with E-state index in [0.29, 0.717) is 12.7 Å². The van der Waals surface area contributed by atoms with Gasteiger partial charge >= 0.3 is 0 Å². The van der Waals surface area contributed by atoms with E-state index in [-0.39, 0.29) is 18.8 Å². The van der Waals surface area contributed by atoms with Gasteiger partial charge in [-0.15, -0.1) is 0 Å². The van der Waals surface area contributed by atoms with Crippen LogP contribution in [-0.2, 0) is 9.47 Å². The van der Waals surface area contributed by atoms with Crippen LogP contribution < -0.4 is 0 Å². The highest BCUT2D eigenvalue weighted by atomic mass is 16.5. The van der Waals surface area contributed by atoms with Crippen molar-refractivity contribution in [2.75, 3.05) is 13.2 Å². The minimum absolute atomic E-state index is 0.0687. The van der Waals surface area contributed by atoms with Crippen molar-refractivity contribution < 1.29 is 14.6 Å². The fourth-order valence-corrected chi connectivity index (χ4v) is 1.71. The van der Waals surface area contributed by atoms with E-state index in [9.17, 15) is 0 Å². The Bertz CT molecular complexity index is 162. The Balaban J connectivity index is 3.48. The van der Waals surface area contributed by atoms with E-state index in [2.05, 4.69) is 13.8 Å². The number of aliphatic hydroxyl groups excluding tert-OH is 1. The van der Waals surface area contributed by atoms with Gasteiger partial charge in [0.15, 0.2) is 0 Å². The summed E-state index contributed by atoms with van der Waals surface area (Å²) < 4.78 is 11.2. The second-order valence-corrected chi connectivity index (χ2v) is 4.93. The number of hydrogen-bond acceptors (Lipinski definition) is 3. The molecule has 0 aromatic rings. The van der Waals surface area contributed by atoms with Gasteiger partial charge in [0.2, 0.25) is 0 Å². The Labute approximate surface area is 107 Å². The Morgan fingerprint density at radius 2 is 1.65 bits per heavy atom. The van der Waals surface area contributed by atoms with E-state index < -0.39 is 0 Å². The van der Waals surface area contributed by atoms with Crippen molar-refractivity contribution in [3.05, 3.63) is 0 Å². The maximum atomic E-state index is 8.83. The van der Waals surface area contributed by atoms with E-state index in [1.165, 1.54) is 25.7 Å². The van der Waals surface area contributed by atoms with Crippen LogP contribution in [0.3, 0.4) is 0 Å². The molecule has 3 nitrogen and oxygen atoms in total. The smallest absolute Gasteiger partial charge is 0.0784 e. The molecule has 0 aliphatic rings. The molecule has 0 spiro atoms. The van der Waals surface area contributed by atoms with E-state index in [0.717, 1.165) is 6.42 Å². The van der Waals surface area contributed by atoms with Crippen LogP contribution in [0.15, 0.2) is 0 Å². The first-order chi connectivity index (χ1) is 8.10. The SMILES string of the molecule is CCCCCCC(C)OC(C)COC(C)CO. The molecule has 0 aromatic heterocycles. The number of ether oxygens (including phenoxy) is 2. The predicted octanol–water partition coefficient (Wildman–Crippen LogP) is 3.15. The monoisotopic (exact) mass is 246 g/mol. The molecular weight excluding hydrogens is 216 g/mol. The lowest BCUT2D eigenvalue weighted by Crippen LogP contribution is -2.25. The molecule has 104 valence electrons. The Kier molecular flexibility index (Phi) is 10.9. The van der Waals surface area contributed by atoms with Crippen LogP contribution in [-0.4, -0.2) is 36.6 Å². The first-order valence-electron chi connectivity index (χ1n) is 6.98. The summed E-state index contributed by atoms with van der Waals surface area (Å²) in [7, 11) is 0. The average molecular weight is 246 g/mol. The van der Waals surface area contributed by atoms with Crippen LogP contribution in [0.1, 0.15) is 59.8 Å². The second kappa shape index (κ2) is 11.0. The van der Waals surface area contributed by atoms with Crippen LogP contribution in [0.25, 0.3) is 0 Å². The summed E-state index contributed by atoms with van der Waals surface area (Å²) in [4.78, 5) is 0. The van der Waals surface area contributed by atoms with Crippen molar-refractivity contribution in [3.8, 4) is 0 Å². The van der Waals surface area contributed by atoms with Crippen LogP contribution in [0.4, 0.5) is 0 Å². The number of hydrogen-bond donors (Lipinski definition) is 1. The third-order valence-corrected chi connectivity index (χ3v) is 2.80. The molecule has 3 unspecified atom stereocenters. The predicted molar refractivity (Wildman–Crippen MR) is 71.3 cm³/mol. The largest absolute Gasteiger partial charge is 0.394 e. The van der Waals surface area contributed by atoms with Crippen molar-refractivity contribution in [1.29, 1.82) is 0 Å². The van der Waals surface area contributed by atoms with Gasteiger partial charge in [0.05, 0.1) is 31.5 Å². The first kappa shape index (κ1) is 16.9. The molecule has 0 saturated heterocycles. The van der Waals surface area contributed by atoms with Gasteiger partial charge in [-0.25, -0.2) is 0 Å². The fraction of sp³-hybridized carbons (Fsp3) is 1.00. The lowest BCUT2D eigenvalue weighted by atomic mass is 10.1. The van der Waals surface area contributed by atoms with Gasteiger partial charge in [-0.3, -0.25) is 0 Å². The van der Waals surface area contributed by atoms with E-state index >= 15 is 0 Å². The van der Waals surface area contributed by atoms with Gasteiger partial charge in [-0.05, 0) is 27.2 Å². The van der Waals surface area contributed by atoms with Gasteiger partial charge in [-0.1, -0.05) is 32.6 Å². The molecule has 0 amide bonds. The molecule has 0 aromatic carbocycles. The highest BCUT2D eigenvalue weighted by Crippen LogP contribution is 2.10. The molecule has 0 rings (SSSR count). The van der Waals surface area contributed by atoms with Gasteiger partial charge in [0.1, 0.15) is 0 Å². The van der Waals surface area contributed by atoms with Crippen LogP contribution >= 0.6 is 0 Å². The molecule has 3 heteroatoms. The topological polar surface area (TPSA) is 38.7 Å². The molecular formula is C14H30O3. The van der Waals surface area contributed by atoms with Crippen LogP contribution in [0.5, 0.6) is 0 Å². The quantitative estimate of drug-likeness (QED) is 0.569. The van der Waals surface area contributed by atoms with Crippen molar-refractivity contribution in [2.24, 2.45) is 0 Å². The van der Waals surface area contributed by atoms with Crippen molar-refractivity contribution in [3.63, 3.8) is 0 Å². The molecule has 0 heterocycles. The second-order valence-electron chi connectivity index (χ2n) is 4.93. The normalized spacial score (nSPS) is 16.8. The lowest BCUT2D eigenvalue weighted by Gasteiger charge is -2.20. The van der Waals surface area contributed by atoms with Gasteiger partial charge in [-0.2, -0.15) is 0 Å². The maximum Gasteiger partial charge on any atom is 0.0784 e.